The summed E-state index contributed by atoms with van der Waals surface area (Å²) in [6.07, 6.45) is 0. The fourth-order valence-corrected chi connectivity index (χ4v) is 4.41. The van der Waals surface area contributed by atoms with Crippen molar-refractivity contribution in [1.29, 1.82) is 0 Å². The van der Waals surface area contributed by atoms with E-state index in [1.165, 1.54) is 25.3 Å². The van der Waals surface area contributed by atoms with Crippen molar-refractivity contribution in [2.75, 3.05) is 12.9 Å². The number of hydrogen-bond donors (Lipinski definition) is 0. The van der Waals surface area contributed by atoms with Crippen molar-refractivity contribution >= 4 is 50.2 Å². The highest BCUT2D eigenvalue weighted by Crippen LogP contribution is 2.32. The largest absolute Gasteiger partial charge is 0.497 e. The molecule has 1 aromatic carbocycles. The molecule has 0 aliphatic rings. The first-order valence-electron chi connectivity index (χ1n) is 5.68. The number of thiophene rings is 1. The van der Waals surface area contributed by atoms with Crippen molar-refractivity contribution < 1.29 is 17.9 Å². The van der Waals surface area contributed by atoms with Crippen LogP contribution in [0.3, 0.4) is 0 Å². The average molecular weight is 365 g/mol. The van der Waals surface area contributed by atoms with Gasteiger partial charge < -0.3 is 4.74 Å². The van der Waals surface area contributed by atoms with E-state index in [-0.39, 0.29) is 14.8 Å². The normalized spacial score (nSPS) is 11.4. The molecule has 2 aromatic rings. The number of hydrogen-bond acceptors (Lipinski definition) is 5. The predicted molar refractivity (Wildman–Crippen MR) is 83.7 cm³/mol. The van der Waals surface area contributed by atoms with Crippen LogP contribution in [-0.2, 0) is 9.84 Å². The van der Waals surface area contributed by atoms with Gasteiger partial charge in [-0.1, -0.05) is 29.3 Å². The zero-order valence-corrected chi connectivity index (χ0v) is 13.9. The number of Topliss-reactive ketones (excluding diaryl/α,β-unsaturated/α-hetero) is 1. The molecule has 1 aromatic heterocycles. The van der Waals surface area contributed by atoms with E-state index in [4.69, 9.17) is 27.9 Å². The molecule has 0 amide bonds. The molecule has 0 radical (unpaired) electrons. The Kier molecular flexibility index (Phi) is 4.93. The topological polar surface area (TPSA) is 60.4 Å². The molecular formula is C13H10Cl2O4S2. The van der Waals surface area contributed by atoms with Crippen molar-refractivity contribution in [3.63, 3.8) is 0 Å². The van der Waals surface area contributed by atoms with E-state index < -0.39 is 21.4 Å². The second kappa shape index (κ2) is 6.36. The third-order valence-electron chi connectivity index (χ3n) is 2.68. The minimum Gasteiger partial charge on any atom is -0.497 e. The number of rotatable bonds is 5. The fraction of sp³-hybridized carbons (Fsp3) is 0.154. The maximum atomic E-state index is 12.3. The Morgan fingerprint density at radius 1 is 1.29 bits per heavy atom. The second-order valence-corrected chi connectivity index (χ2v) is 8.37. The number of carbonyl (C=O) groups excluding carboxylic acids is 1. The molecule has 0 fully saturated rings. The minimum atomic E-state index is -3.77. The van der Waals surface area contributed by atoms with Crippen LogP contribution in [0.2, 0.25) is 8.67 Å². The number of ether oxygens (including phenoxy) is 1. The number of ketones is 1. The second-order valence-electron chi connectivity index (χ2n) is 4.10. The van der Waals surface area contributed by atoms with E-state index in [9.17, 15) is 13.2 Å². The van der Waals surface area contributed by atoms with Gasteiger partial charge in [-0.3, -0.25) is 4.79 Å². The van der Waals surface area contributed by atoms with Crippen LogP contribution in [-0.4, -0.2) is 27.1 Å². The number of halogens is 2. The summed E-state index contributed by atoms with van der Waals surface area (Å²) in [4.78, 5) is 12.1. The lowest BCUT2D eigenvalue weighted by Crippen LogP contribution is -2.16. The molecule has 0 unspecified atom stereocenters. The van der Waals surface area contributed by atoms with Gasteiger partial charge in [0.15, 0.2) is 15.6 Å². The first-order chi connectivity index (χ1) is 9.83. The van der Waals surface area contributed by atoms with E-state index in [0.717, 1.165) is 11.3 Å². The summed E-state index contributed by atoms with van der Waals surface area (Å²) in [5.74, 6) is -0.862. The summed E-state index contributed by atoms with van der Waals surface area (Å²) in [6.45, 7) is 0. The maximum Gasteiger partial charge on any atom is 0.185 e. The molecule has 21 heavy (non-hydrogen) atoms. The number of sulfone groups is 1. The third kappa shape index (κ3) is 3.77. The molecule has 8 heteroatoms. The zero-order chi connectivity index (χ0) is 15.6. The monoisotopic (exact) mass is 364 g/mol. The summed E-state index contributed by atoms with van der Waals surface area (Å²) < 4.78 is 30.0. The lowest BCUT2D eigenvalue weighted by Gasteiger charge is -2.05. The molecule has 4 nitrogen and oxygen atoms in total. The third-order valence-corrected chi connectivity index (χ3v) is 5.78. The van der Waals surface area contributed by atoms with E-state index in [1.54, 1.807) is 12.1 Å². The smallest absolute Gasteiger partial charge is 0.185 e. The molecule has 0 saturated heterocycles. The molecule has 0 aliphatic carbocycles. The van der Waals surface area contributed by atoms with Crippen LogP contribution in [0.5, 0.6) is 5.75 Å². The Morgan fingerprint density at radius 2 is 2.00 bits per heavy atom. The quantitative estimate of drug-likeness (QED) is 0.758. The van der Waals surface area contributed by atoms with Gasteiger partial charge in [-0.2, -0.15) is 0 Å². The molecule has 0 bridgehead atoms. The van der Waals surface area contributed by atoms with Crippen LogP contribution in [0, 0.1) is 0 Å². The van der Waals surface area contributed by atoms with Crippen LogP contribution in [0.4, 0.5) is 0 Å². The summed E-state index contributed by atoms with van der Waals surface area (Å²) in [5.41, 5.74) is 0.123. The van der Waals surface area contributed by atoms with E-state index >= 15 is 0 Å². The Bertz CT molecular complexity index is 781. The standard InChI is InChI=1S/C13H10Cl2O4S2/c1-19-8-3-2-4-9(5-8)21(17,18)7-11(16)10-6-12(14)20-13(10)15/h2-6H,7H2,1H3. The van der Waals surface area contributed by atoms with Crippen LogP contribution in [0.1, 0.15) is 10.4 Å². The summed E-state index contributed by atoms with van der Waals surface area (Å²) >= 11 is 12.6. The molecule has 112 valence electrons. The fourth-order valence-electron chi connectivity index (χ4n) is 1.66. The van der Waals surface area contributed by atoms with E-state index in [1.807, 2.05) is 0 Å². The van der Waals surface area contributed by atoms with Crippen LogP contribution in [0.25, 0.3) is 0 Å². The Morgan fingerprint density at radius 3 is 2.57 bits per heavy atom. The van der Waals surface area contributed by atoms with Crippen molar-refractivity contribution in [1.82, 2.24) is 0 Å². The van der Waals surface area contributed by atoms with Crippen molar-refractivity contribution in [2.24, 2.45) is 0 Å². The number of methoxy groups -OCH3 is 1. The van der Waals surface area contributed by atoms with Gasteiger partial charge >= 0.3 is 0 Å². The van der Waals surface area contributed by atoms with Crippen molar-refractivity contribution in [2.45, 2.75) is 4.90 Å². The molecular weight excluding hydrogens is 355 g/mol. The highest BCUT2D eigenvalue weighted by Gasteiger charge is 2.23. The lowest BCUT2D eigenvalue weighted by atomic mass is 10.2. The van der Waals surface area contributed by atoms with Gasteiger partial charge in [0.05, 0.1) is 16.3 Å². The predicted octanol–water partition coefficient (Wildman–Crippen LogP) is 3.72. The Labute approximate surface area is 136 Å². The first-order valence-corrected chi connectivity index (χ1v) is 8.91. The molecule has 0 atom stereocenters. The lowest BCUT2D eigenvalue weighted by molar-refractivity contribution is 0.102. The van der Waals surface area contributed by atoms with Gasteiger partial charge in [-0.25, -0.2) is 8.42 Å². The summed E-state index contributed by atoms with van der Waals surface area (Å²) in [7, 11) is -2.34. The van der Waals surface area contributed by atoms with Gasteiger partial charge in [-0.05, 0) is 24.3 Å². The highest BCUT2D eigenvalue weighted by molar-refractivity contribution is 7.92. The maximum absolute atomic E-state index is 12.3. The Hall–Kier alpha value is -1.08. The van der Waals surface area contributed by atoms with E-state index in [0.29, 0.717) is 10.1 Å². The van der Waals surface area contributed by atoms with Gasteiger partial charge in [0.1, 0.15) is 15.8 Å². The molecule has 0 spiro atoms. The molecule has 0 aliphatic heterocycles. The summed E-state index contributed by atoms with van der Waals surface area (Å²) in [6, 6.07) is 7.32. The van der Waals surface area contributed by atoms with Gasteiger partial charge in [0.2, 0.25) is 0 Å². The van der Waals surface area contributed by atoms with Gasteiger partial charge in [0, 0.05) is 5.56 Å². The molecule has 0 N–H and O–H groups in total. The minimum absolute atomic E-state index is 0.0210. The SMILES string of the molecule is COc1cccc(S(=O)(=O)CC(=O)c2cc(Cl)sc2Cl)c1. The van der Waals surface area contributed by atoms with Crippen molar-refractivity contribution in [3.05, 3.63) is 44.6 Å². The first kappa shape index (κ1) is 16.3. The van der Waals surface area contributed by atoms with Crippen molar-refractivity contribution in [3.8, 4) is 5.75 Å². The number of benzene rings is 1. The van der Waals surface area contributed by atoms with Crippen LogP contribution < -0.4 is 4.74 Å². The molecule has 0 saturated carbocycles. The Balaban J connectivity index is 2.28. The average Bonchev–Trinajstić information content (AvgIpc) is 2.77. The highest BCUT2D eigenvalue weighted by atomic mass is 35.5. The number of carbonyl (C=O) groups is 1. The van der Waals surface area contributed by atoms with Gasteiger partial charge in [-0.15, -0.1) is 11.3 Å². The van der Waals surface area contributed by atoms with Crippen LogP contribution >= 0.6 is 34.5 Å². The summed E-state index contributed by atoms with van der Waals surface area (Å²) in [5, 5.41) is 0. The van der Waals surface area contributed by atoms with Crippen LogP contribution in [0.15, 0.2) is 35.2 Å². The van der Waals surface area contributed by atoms with Gasteiger partial charge in [0.25, 0.3) is 0 Å². The zero-order valence-electron chi connectivity index (χ0n) is 10.8. The molecule has 1 heterocycles. The van der Waals surface area contributed by atoms with E-state index in [2.05, 4.69) is 0 Å². The molecule has 2 rings (SSSR count).